The third-order valence-corrected chi connectivity index (χ3v) is 4.99. The van der Waals surface area contributed by atoms with Crippen LogP contribution in [0.4, 0.5) is 0 Å². The van der Waals surface area contributed by atoms with Crippen LogP contribution in [0.15, 0.2) is 60.7 Å². The maximum atomic E-state index is 12.8. The Morgan fingerprint density at radius 2 is 1.57 bits per heavy atom. The number of hydrogen-bond donors (Lipinski definition) is 1. The molecule has 0 bridgehead atoms. The number of rotatable bonds is 5. The van der Waals surface area contributed by atoms with E-state index in [4.69, 9.17) is 0 Å². The van der Waals surface area contributed by atoms with Crippen LogP contribution in [0.1, 0.15) is 38.3 Å². The fraction of sp³-hybridized carbons (Fsp3) is 0.174. The number of amides is 3. The standard InChI is InChI=1S/C23H20N2O3/c1-15-5-2-6-16(13-15)14-24-20(26)11-12-25-22(27)18-9-3-7-17-8-4-10-19(21(17)18)23(25)28/h2-10,13H,11-12,14H2,1H3,(H,24,26). The maximum Gasteiger partial charge on any atom is 0.261 e. The first-order valence-corrected chi connectivity index (χ1v) is 9.25. The summed E-state index contributed by atoms with van der Waals surface area (Å²) < 4.78 is 0. The second-order valence-electron chi connectivity index (χ2n) is 6.99. The molecule has 0 unspecified atom stereocenters. The number of nitrogens with zero attached hydrogens (tertiary/aromatic N) is 1. The number of hydrogen-bond acceptors (Lipinski definition) is 3. The molecule has 0 aromatic heterocycles. The highest BCUT2D eigenvalue weighted by Gasteiger charge is 2.32. The Kier molecular flexibility index (Phi) is 4.65. The second-order valence-corrected chi connectivity index (χ2v) is 6.99. The average Bonchev–Trinajstić information content (AvgIpc) is 2.70. The van der Waals surface area contributed by atoms with Crippen LogP contribution in [0, 0.1) is 6.92 Å². The van der Waals surface area contributed by atoms with E-state index < -0.39 is 0 Å². The maximum absolute atomic E-state index is 12.8. The van der Waals surface area contributed by atoms with Crippen molar-refractivity contribution in [3.63, 3.8) is 0 Å². The lowest BCUT2D eigenvalue weighted by Crippen LogP contribution is -2.42. The summed E-state index contributed by atoms with van der Waals surface area (Å²) in [7, 11) is 0. The van der Waals surface area contributed by atoms with Gasteiger partial charge in [-0.25, -0.2) is 0 Å². The van der Waals surface area contributed by atoms with Gasteiger partial charge in [-0.3, -0.25) is 19.3 Å². The van der Waals surface area contributed by atoms with E-state index in [1.54, 1.807) is 12.1 Å². The molecule has 3 aromatic carbocycles. The quantitative estimate of drug-likeness (QED) is 0.698. The van der Waals surface area contributed by atoms with Crippen LogP contribution in [0.5, 0.6) is 0 Å². The summed E-state index contributed by atoms with van der Waals surface area (Å²) in [5.41, 5.74) is 3.16. The minimum Gasteiger partial charge on any atom is -0.352 e. The number of carbonyl (C=O) groups is 3. The Hall–Kier alpha value is -3.47. The van der Waals surface area contributed by atoms with E-state index in [-0.39, 0.29) is 30.7 Å². The SMILES string of the molecule is Cc1cccc(CNC(=O)CCN2C(=O)c3cccc4cccc(c34)C2=O)c1. The largest absolute Gasteiger partial charge is 0.352 e. The molecule has 3 amide bonds. The van der Waals surface area contributed by atoms with Gasteiger partial charge in [-0.1, -0.05) is 54.1 Å². The van der Waals surface area contributed by atoms with Gasteiger partial charge >= 0.3 is 0 Å². The van der Waals surface area contributed by atoms with Crippen LogP contribution in [-0.2, 0) is 11.3 Å². The van der Waals surface area contributed by atoms with Gasteiger partial charge in [0.05, 0.1) is 0 Å². The van der Waals surface area contributed by atoms with Crippen LogP contribution in [-0.4, -0.2) is 29.2 Å². The fourth-order valence-electron chi connectivity index (χ4n) is 3.61. The van der Waals surface area contributed by atoms with E-state index in [1.165, 1.54) is 4.90 Å². The highest BCUT2D eigenvalue weighted by molar-refractivity contribution is 6.25. The van der Waals surface area contributed by atoms with Gasteiger partial charge in [0.15, 0.2) is 0 Å². The first-order valence-electron chi connectivity index (χ1n) is 9.25. The lowest BCUT2D eigenvalue weighted by molar-refractivity contribution is -0.121. The molecule has 28 heavy (non-hydrogen) atoms. The van der Waals surface area contributed by atoms with Gasteiger partial charge in [0.1, 0.15) is 0 Å². The highest BCUT2D eigenvalue weighted by Crippen LogP contribution is 2.29. The van der Waals surface area contributed by atoms with Crippen molar-refractivity contribution in [1.29, 1.82) is 0 Å². The van der Waals surface area contributed by atoms with E-state index in [9.17, 15) is 14.4 Å². The molecule has 4 rings (SSSR count). The van der Waals surface area contributed by atoms with Crippen molar-refractivity contribution in [2.24, 2.45) is 0 Å². The molecule has 1 N–H and O–H groups in total. The molecule has 0 fully saturated rings. The molecule has 0 atom stereocenters. The molecule has 1 aliphatic heterocycles. The van der Waals surface area contributed by atoms with Gasteiger partial charge in [0.25, 0.3) is 11.8 Å². The average molecular weight is 372 g/mol. The summed E-state index contributed by atoms with van der Waals surface area (Å²) in [5.74, 6) is -0.888. The Balaban J connectivity index is 1.45. The van der Waals surface area contributed by atoms with E-state index >= 15 is 0 Å². The highest BCUT2D eigenvalue weighted by atomic mass is 16.2. The fourth-order valence-corrected chi connectivity index (χ4v) is 3.61. The van der Waals surface area contributed by atoms with Crippen LogP contribution in [0.25, 0.3) is 10.8 Å². The molecule has 0 spiro atoms. The lowest BCUT2D eigenvalue weighted by atomic mass is 9.94. The van der Waals surface area contributed by atoms with Crippen molar-refractivity contribution in [2.75, 3.05) is 6.54 Å². The minimum absolute atomic E-state index is 0.0576. The molecule has 0 aliphatic carbocycles. The molecule has 0 saturated heterocycles. The van der Waals surface area contributed by atoms with Crippen molar-refractivity contribution in [3.05, 3.63) is 82.9 Å². The van der Waals surface area contributed by atoms with Crippen LogP contribution in [0.2, 0.25) is 0 Å². The van der Waals surface area contributed by atoms with Crippen molar-refractivity contribution < 1.29 is 14.4 Å². The molecular formula is C23H20N2O3. The molecule has 0 saturated carbocycles. The van der Waals surface area contributed by atoms with E-state index in [0.717, 1.165) is 16.5 Å². The Bertz CT molecular complexity index is 1050. The van der Waals surface area contributed by atoms with E-state index in [0.29, 0.717) is 23.1 Å². The van der Waals surface area contributed by atoms with Crippen molar-refractivity contribution >= 4 is 28.5 Å². The number of carbonyl (C=O) groups excluding carboxylic acids is 3. The smallest absolute Gasteiger partial charge is 0.261 e. The zero-order chi connectivity index (χ0) is 19.7. The third-order valence-electron chi connectivity index (χ3n) is 4.99. The third kappa shape index (κ3) is 3.27. The normalized spacial score (nSPS) is 13.1. The molecule has 5 heteroatoms. The second kappa shape index (κ2) is 7.27. The van der Waals surface area contributed by atoms with Gasteiger partial charge in [-0.15, -0.1) is 0 Å². The number of benzene rings is 3. The summed E-state index contributed by atoms with van der Waals surface area (Å²) in [6.45, 7) is 2.48. The number of nitrogens with one attached hydrogen (secondary N) is 1. The Labute approximate surface area is 163 Å². The van der Waals surface area contributed by atoms with Gasteiger partial charge in [-0.05, 0) is 30.0 Å². The van der Waals surface area contributed by atoms with Crippen molar-refractivity contribution in [1.82, 2.24) is 10.2 Å². The minimum atomic E-state index is -0.346. The number of aryl methyl sites for hydroxylation is 1. The van der Waals surface area contributed by atoms with Gasteiger partial charge in [0, 0.05) is 36.0 Å². The zero-order valence-electron chi connectivity index (χ0n) is 15.6. The van der Waals surface area contributed by atoms with E-state index in [1.807, 2.05) is 55.5 Å². The molecule has 140 valence electrons. The summed E-state index contributed by atoms with van der Waals surface area (Å²) in [5, 5.41) is 4.41. The summed E-state index contributed by atoms with van der Waals surface area (Å²) in [6.07, 6.45) is 0.0709. The molecular weight excluding hydrogens is 352 g/mol. The van der Waals surface area contributed by atoms with Crippen molar-refractivity contribution in [3.8, 4) is 0 Å². The first kappa shape index (κ1) is 17.9. The Morgan fingerprint density at radius 1 is 0.929 bits per heavy atom. The Morgan fingerprint density at radius 3 is 2.21 bits per heavy atom. The van der Waals surface area contributed by atoms with E-state index in [2.05, 4.69) is 5.32 Å². The van der Waals surface area contributed by atoms with Crippen molar-refractivity contribution in [2.45, 2.75) is 19.9 Å². The van der Waals surface area contributed by atoms with Crippen LogP contribution < -0.4 is 5.32 Å². The van der Waals surface area contributed by atoms with Crippen LogP contribution >= 0.6 is 0 Å². The molecule has 0 radical (unpaired) electrons. The first-order chi connectivity index (χ1) is 13.5. The number of imide groups is 1. The predicted molar refractivity (Wildman–Crippen MR) is 107 cm³/mol. The molecule has 1 heterocycles. The topological polar surface area (TPSA) is 66.5 Å². The monoisotopic (exact) mass is 372 g/mol. The zero-order valence-corrected chi connectivity index (χ0v) is 15.6. The molecule has 3 aromatic rings. The predicted octanol–water partition coefficient (Wildman–Crippen LogP) is 3.45. The molecule has 1 aliphatic rings. The van der Waals surface area contributed by atoms with Gasteiger partial charge in [-0.2, -0.15) is 0 Å². The van der Waals surface area contributed by atoms with Crippen LogP contribution in [0.3, 0.4) is 0 Å². The van der Waals surface area contributed by atoms with Gasteiger partial charge < -0.3 is 5.32 Å². The summed E-state index contributed by atoms with van der Waals surface area (Å²) >= 11 is 0. The summed E-state index contributed by atoms with van der Waals surface area (Å²) in [4.78, 5) is 39.0. The summed E-state index contributed by atoms with van der Waals surface area (Å²) in [6, 6.07) is 18.7. The molecule has 5 nitrogen and oxygen atoms in total. The lowest BCUT2D eigenvalue weighted by Gasteiger charge is -2.27. The van der Waals surface area contributed by atoms with Gasteiger partial charge in [0.2, 0.25) is 5.91 Å².